The highest BCUT2D eigenvalue weighted by Gasteiger charge is 2.45. The van der Waals surface area contributed by atoms with Crippen LogP contribution in [0.1, 0.15) is 12.5 Å². The minimum Gasteiger partial charge on any atom is -0.387 e. The normalized spacial score (nSPS) is 22.9. The zero-order chi connectivity index (χ0) is 34.1. The number of hydrogen-bond donors (Lipinski definition) is 8. The van der Waals surface area contributed by atoms with Gasteiger partial charge < -0.3 is 50.6 Å². The van der Waals surface area contributed by atoms with E-state index in [4.69, 9.17) is 34.7 Å². The van der Waals surface area contributed by atoms with Crippen molar-refractivity contribution in [1.82, 2.24) is 39.0 Å². The van der Waals surface area contributed by atoms with E-state index in [1.54, 1.807) is 0 Å². The predicted molar refractivity (Wildman–Crippen MR) is 154 cm³/mol. The second-order valence-electron chi connectivity index (χ2n) is 9.92. The second kappa shape index (κ2) is 13.9. The van der Waals surface area contributed by atoms with Crippen LogP contribution in [0.4, 0.5) is 11.8 Å². The summed E-state index contributed by atoms with van der Waals surface area (Å²) in [4.78, 5) is 63.1. The molecule has 4 aromatic heterocycles. The number of nitrogens with zero attached hydrogens (tertiary/aromatic N) is 7. The molecule has 0 aliphatic carbocycles. The molecule has 0 aromatic carbocycles. The van der Waals surface area contributed by atoms with E-state index in [0.29, 0.717) is 0 Å². The molecule has 24 nitrogen and oxygen atoms in total. The van der Waals surface area contributed by atoms with Crippen LogP contribution in [-0.4, -0.2) is 122 Å². The lowest BCUT2D eigenvalue weighted by Crippen LogP contribution is -2.34. The zero-order valence-electron chi connectivity index (χ0n) is 24.1. The smallest absolute Gasteiger partial charge is 0.387 e. The summed E-state index contributed by atoms with van der Waals surface area (Å²) in [5.74, 6) is -0.173. The predicted octanol–water partition coefficient (Wildman–Crippen LogP) is -2.48. The monoisotopic (exact) mass is 708 g/mol. The summed E-state index contributed by atoms with van der Waals surface area (Å²) in [6.07, 6.45) is -4.94. The minimum absolute atomic E-state index is 0.0600. The molecule has 1 aliphatic rings. The third kappa shape index (κ3) is 7.98. The molecule has 1 aliphatic heterocycles. The molecule has 0 amide bonds. The summed E-state index contributed by atoms with van der Waals surface area (Å²) in [6.45, 7) is -2.60. The Bertz CT molecular complexity index is 1860. The van der Waals surface area contributed by atoms with Gasteiger partial charge in [-0.25, -0.2) is 29.1 Å². The number of phosphoric acid groups is 2. The van der Waals surface area contributed by atoms with Crippen LogP contribution < -0.4 is 17.0 Å². The van der Waals surface area contributed by atoms with Gasteiger partial charge in [-0.3, -0.25) is 32.5 Å². The number of hydrogen-bond acceptors (Lipinski definition) is 18. The topological polar surface area (TPSA) is 350 Å². The number of methoxy groups -OCH3 is 1. The summed E-state index contributed by atoms with van der Waals surface area (Å²) >= 11 is 0. The number of H-pyrrole nitrogens is 1. The molecule has 0 saturated carbocycles. The largest absolute Gasteiger partial charge is 0.472 e. The Morgan fingerprint density at radius 3 is 2.43 bits per heavy atom. The van der Waals surface area contributed by atoms with Crippen molar-refractivity contribution in [2.45, 2.75) is 36.9 Å². The first-order valence-electron chi connectivity index (χ1n) is 13.3. The molecule has 0 bridgehead atoms. The van der Waals surface area contributed by atoms with Gasteiger partial charge in [0.25, 0.3) is 5.56 Å². The number of phosphoric ester groups is 2. The first-order valence-corrected chi connectivity index (χ1v) is 16.3. The number of aliphatic hydroxyl groups excluding tert-OH is 2. The van der Waals surface area contributed by atoms with Gasteiger partial charge in [0.1, 0.15) is 36.3 Å². The van der Waals surface area contributed by atoms with Gasteiger partial charge in [-0.15, -0.1) is 0 Å². The molecule has 2 unspecified atom stereocenters. The standard InChI is InChI=1S/C21H30N10O14P2/c1-40-5-11(30-7-26-12-16(22)24-6-25-17(12)30)44-9(2-41-46(35,36)37)3-42-47(38,39)43-4-10-14(32)15(33)20(45-10)31-8-27-13-18(31)28-21(23)29-19(13)34/h6-11,14-15,20,32-33H,2-5H2,1H3,(H,38,39)(H2,22,24,25)(H2,35,36,37)(H3,23,28,29,34)/t9-,10-,11-,14+,15?,20-/m1/s1. The maximum Gasteiger partial charge on any atom is 0.472 e. The van der Waals surface area contributed by atoms with Crippen LogP contribution in [0.25, 0.3) is 22.3 Å². The number of anilines is 2. The Balaban J connectivity index is 1.25. The summed E-state index contributed by atoms with van der Waals surface area (Å²) in [5, 5.41) is 21.1. The number of nitrogen functional groups attached to an aromatic ring is 2. The molecule has 258 valence electrons. The Kier molecular flexibility index (Phi) is 10.3. The molecule has 0 radical (unpaired) electrons. The molecular weight excluding hydrogens is 678 g/mol. The number of nitrogens with one attached hydrogen (secondary N) is 1. The molecule has 5 rings (SSSR count). The summed E-state index contributed by atoms with van der Waals surface area (Å²) < 4.78 is 57.9. The SMILES string of the molecule is COC[C@@H](O[C@H](COP(=O)(O)O)COP(=O)(O)OC[C@H]1O[C@@H](n2cnc3c(=O)[nH]c(N)nc32)C(O)[C@H]1O)n1cnc2c(N)ncnc21. The first kappa shape index (κ1) is 34.8. The summed E-state index contributed by atoms with van der Waals surface area (Å²) in [6, 6.07) is 0. The lowest BCUT2D eigenvalue weighted by atomic mass is 10.1. The summed E-state index contributed by atoms with van der Waals surface area (Å²) in [5.41, 5.74) is 11.0. The van der Waals surface area contributed by atoms with E-state index < -0.39 is 77.9 Å². The van der Waals surface area contributed by atoms with E-state index in [2.05, 4.69) is 34.4 Å². The maximum absolute atomic E-state index is 12.8. The van der Waals surface area contributed by atoms with Crippen LogP contribution in [0, 0.1) is 0 Å². The molecule has 10 N–H and O–H groups in total. The maximum atomic E-state index is 12.8. The van der Waals surface area contributed by atoms with Gasteiger partial charge in [0.15, 0.2) is 35.1 Å². The number of nitrogens with two attached hydrogens (primary N) is 2. The third-order valence-electron chi connectivity index (χ3n) is 6.67. The lowest BCUT2D eigenvalue weighted by Gasteiger charge is -2.26. The van der Waals surface area contributed by atoms with E-state index in [9.17, 15) is 38.8 Å². The van der Waals surface area contributed by atoms with E-state index in [0.717, 1.165) is 10.9 Å². The van der Waals surface area contributed by atoms with Crippen molar-refractivity contribution in [2.75, 3.05) is 45.0 Å². The third-order valence-corrected chi connectivity index (χ3v) is 8.11. The molecule has 7 atom stereocenters. The highest BCUT2D eigenvalue weighted by molar-refractivity contribution is 7.47. The van der Waals surface area contributed by atoms with Crippen molar-refractivity contribution in [1.29, 1.82) is 0 Å². The van der Waals surface area contributed by atoms with E-state index in [1.165, 1.54) is 24.3 Å². The molecule has 0 spiro atoms. The van der Waals surface area contributed by atoms with Gasteiger partial charge in [0.05, 0.1) is 39.1 Å². The van der Waals surface area contributed by atoms with E-state index in [1.807, 2.05) is 0 Å². The summed E-state index contributed by atoms with van der Waals surface area (Å²) in [7, 11) is -8.68. The van der Waals surface area contributed by atoms with Gasteiger partial charge >= 0.3 is 15.6 Å². The number of aromatic nitrogens is 8. The molecular formula is C21H30N10O14P2. The number of aliphatic hydroxyl groups is 2. The lowest BCUT2D eigenvalue weighted by molar-refractivity contribution is -0.114. The fourth-order valence-corrected chi connectivity index (χ4v) is 5.67. The fraction of sp³-hybridized carbons (Fsp3) is 0.524. The zero-order valence-corrected chi connectivity index (χ0v) is 25.9. The van der Waals surface area contributed by atoms with Crippen LogP contribution in [0.15, 0.2) is 23.8 Å². The minimum atomic E-state index is -5.03. The second-order valence-corrected chi connectivity index (χ2v) is 12.6. The van der Waals surface area contributed by atoms with Crippen molar-refractivity contribution in [3.63, 3.8) is 0 Å². The van der Waals surface area contributed by atoms with Gasteiger partial charge in [0, 0.05) is 7.11 Å². The Morgan fingerprint density at radius 1 is 0.979 bits per heavy atom. The highest BCUT2D eigenvalue weighted by atomic mass is 31.2. The van der Waals surface area contributed by atoms with E-state index in [-0.39, 0.29) is 40.7 Å². The number of fused-ring (bicyclic) bond motifs is 2. The van der Waals surface area contributed by atoms with Gasteiger partial charge in [0.2, 0.25) is 5.95 Å². The van der Waals surface area contributed by atoms with Crippen LogP contribution in [-0.2, 0) is 36.9 Å². The fourth-order valence-electron chi connectivity index (χ4n) is 4.55. The van der Waals surface area contributed by atoms with Crippen molar-refractivity contribution >= 4 is 49.7 Å². The molecule has 47 heavy (non-hydrogen) atoms. The van der Waals surface area contributed by atoms with Crippen LogP contribution in [0.3, 0.4) is 0 Å². The quantitative estimate of drug-likeness (QED) is 0.0592. The Labute approximate surface area is 262 Å². The average Bonchev–Trinajstić information content (AvgIpc) is 3.69. The first-order chi connectivity index (χ1) is 22.2. The average molecular weight is 708 g/mol. The van der Waals surface area contributed by atoms with Gasteiger partial charge in [-0.2, -0.15) is 4.98 Å². The van der Waals surface area contributed by atoms with Crippen LogP contribution in [0.2, 0.25) is 0 Å². The Hall–Kier alpha value is -3.48. The van der Waals surface area contributed by atoms with E-state index >= 15 is 0 Å². The van der Waals surface area contributed by atoms with Crippen LogP contribution in [0.5, 0.6) is 0 Å². The molecule has 1 saturated heterocycles. The van der Waals surface area contributed by atoms with Crippen molar-refractivity contribution in [2.24, 2.45) is 0 Å². The number of ether oxygens (including phenoxy) is 3. The number of aromatic amines is 1. The van der Waals surface area contributed by atoms with Crippen molar-refractivity contribution in [3.8, 4) is 0 Å². The molecule has 26 heteroatoms. The molecule has 4 aromatic rings. The van der Waals surface area contributed by atoms with Gasteiger partial charge in [-0.1, -0.05) is 0 Å². The Morgan fingerprint density at radius 2 is 1.70 bits per heavy atom. The molecule has 5 heterocycles. The number of imidazole rings is 2. The van der Waals surface area contributed by atoms with Crippen LogP contribution >= 0.6 is 15.6 Å². The van der Waals surface area contributed by atoms with Gasteiger partial charge in [-0.05, 0) is 0 Å². The number of rotatable bonds is 15. The molecule has 1 fully saturated rings. The highest BCUT2D eigenvalue weighted by Crippen LogP contribution is 2.45. The van der Waals surface area contributed by atoms with Crippen molar-refractivity contribution in [3.05, 3.63) is 29.3 Å². The van der Waals surface area contributed by atoms with Crippen molar-refractivity contribution < 1.29 is 61.8 Å².